The summed E-state index contributed by atoms with van der Waals surface area (Å²) >= 11 is 0. The van der Waals surface area contributed by atoms with Gasteiger partial charge in [0, 0.05) is 6.92 Å². The lowest BCUT2D eigenvalue weighted by molar-refractivity contribution is -0.144. The average molecular weight is 155 g/mol. The van der Waals surface area contributed by atoms with Gasteiger partial charge in [-0.15, -0.1) is 0 Å². The van der Waals surface area contributed by atoms with Gasteiger partial charge in [-0.3, -0.25) is 4.79 Å². The highest BCUT2D eigenvalue weighted by Gasteiger charge is 2.08. The zero-order valence-electron chi connectivity index (χ0n) is 6.96. The Balaban J connectivity index is 3.60. The van der Waals surface area contributed by atoms with Crippen LogP contribution in [0.25, 0.3) is 0 Å². The molecule has 3 heteroatoms. The van der Waals surface area contributed by atoms with Gasteiger partial charge in [0.25, 0.3) is 0 Å². The van der Waals surface area contributed by atoms with Crippen molar-refractivity contribution in [1.29, 1.82) is 5.26 Å². The van der Waals surface area contributed by atoms with E-state index in [1.807, 2.05) is 13.0 Å². The molecule has 0 aliphatic heterocycles. The summed E-state index contributed by atoms with van der Waals surface area (Å²) < 4.78 is 4.70. The standard InChI is InChI=1S/C8H13NO2/c1-3-4-5-8(6-9)11-7(2)10/h8H,3-5H2,1-2H3. The highest BCUT2D eigenvalue weighted by atomic mass is 16.5. The van der Waals surface area contributed by atoms with Gasteiger partial charge >= 0.3 is 5.97 Å². The largest absolute Gasteiger partial charge is 0.447 e. The fourth-order valence-corrected chi connectivity index (χ4v) is 0.740. The maximum Gasteiger partial charge on any atom is 0.303 e. The first-order chi connectivity index (χ1) is 5.20. The van der Waals surface area contributed by atoms with Crippen molar-refractivity contribution in [2.75, 3.05) is 0 Å². The van der Waals surface area contributed by atoms with E-state index in [-0.39, 0.29) is 5.97 Å². The third-order valence-corrected chi connectivity index (χ3v) is 1.27. The Kier molecular flexibility index (Phi) is 5.18. The van der Waals surface area contributed by atoms with Crippen molar-refractivity contribution in [3.8, 4) is 6.07 Å². The van der Waals surface area contributed by atoms with Gasteiger partial charge in [0.15, 0.2) is 6.10 Å². The van der Waals surface area contributed by atoms with Crippen LogP contribution in [0, 0.1) is 11.3 Å². The van der Waals surface area contributed by atoms with Gasteiger partial charge in [0.05, 0.1) is 0 Å². The number of rotatable bonds is 4. The molecule has 0 fully saturated rings. The summed E-state index contributed by atoms with van der Waals surface area (Å²) in [7, 11) is 0. The Morgan fingerprint density at radius 3 is 2.73 bits per heavy atom. The normalized spacial score (nSPS) is 11.7. The number of nitriles is 1. The molecule has 11 heavy (non-hydrogen) atoms. The van der Waals surface area contributed by atoms with Gasteiger partial charge in [0.2, 0.25) is 0 Å². The van der Waals surface area contributed by atoms with Crippen LogP contribution >= 0.6 is 0 Å². The molecule has 1 unspecified atom stereocenters. The Morgan fingerprint density at radius 2 is 2.36 bits per heavy atom. The van der Waals surface area contributed by atoms with E-state index >= 15 is 0 Å². The van der Waals surface area contributed by atoms with Crippen molar-refractivity contribution in [3.63, 3.8) is 0 Å². The molecule has 0 aliphatic carbocycles. The maximum absolute atomic E-state index is 10.4. The molecule has 0 aromatic rings. The first-order valence-electron chi connectivity index (χ1n) is 3.77. The van der Waals surface area contributed by atoms with E-state index < -0.39 is 6.10 Å². The third-order valence-electron chi connectivity index (χ3n) is 1.27. The molecule has 0 N–H and O–H groups in total. The zero-order chi connectivity index (χ0) is 8.69. The third kappa shape index (κ3) is 5.41. The van der Waals surface area contributed by atoms with E-state index in [4.69, 9.17) is 10.00 Å². The Bertz CT molecular complexity index is 160. The van der Waals surface area contributed by atoms with Gasteiger partial charge in [-0.05, 0) is 12.8 Å². The lowest BCUT2D eigenvalue weighted by atomic mass is 10.2. The van der Waals surface area contributed by atoms with Crippen LogP contribution in [0.2, 0.25) is 0 Å². The van der Waals surface area contributed by atoms with Gasteiger partial charge in [-0.2, -0.15) is 5.26 Å². The van der Waals surface area contributed by atoms with Crippen molar-refractivity contribution >= 4 is 5.97 Å². The Hall–Kier alpha value is -1.04. The number of unbranched alkanes of at least 4 members (excludes halogenated alkanes) is 1. The molecular formula is C8H13NO2. The molecule has 3 nitrogen and oxygen atoms in total. The van der Waals surface area contributed by atoms with E-state index in [1.54, 1.807) is 0 Å². The summed E-state index contributed by atoms with van der Waals surface area (Å²) in [4.78, 5) is 10.4. The summed E-state index contributed by atoms with van der Waals surface area (Å²) in [5, 5.41) is 8.47. The van der Waals surface area contributed by atoms with E-state index in [2.05, 4.69) is 0 Å². The van der Waals surface area contributed by atoms with Gasteiger partial charge in [-0.25, -0.2) is 0 Å². The van der Waals surface area contributed by atoms with Gasteiger partial charge in [-0.1, -0.05) is 13.3 Å². The molecule has 0 heterocycles. The SMILES string of the molecule is CCCCC(C#N)OC(C)=O. The lowest BCUT2D eigenvalue weighted by Gasteiger charge is -2.07. The second-order valence-electron chi connectivity index (χ2n) is 2.37. The Morgan fingerprint density at radius 1 is 1.73 bits per heavy atom. The van der Waals surface area contributed by atoms with Crippen LogP contribution in [-0.2, 0) is 9.53 Å². The minimum Gasteiger partial charge on any atom is -0.447 e. The fourth-order valence-electron chi connectivity index (χ4n) is 0.740. The first kappa shape index (κ1) is 9.96. The summed E-state index contributed by atoms with van der Waals surface area (Å²) in [6, 6.07) is 1.93. The minimum absolute atomic E-state index is 0.382. The molecule has 0 bridgehead atoms. The van der Waals surface area contributed by atoms with E-state index in [1.165, 1.54) is 6.92 Å². The van der Waals surface area contributed by atoms with Gasteiger partial charge in [0.1, 0.15) is 6.07 Å². The molecule has 0 aliphatic rings. The van der Waals surface area contributed by atoms with Crippen molar-refractivity contribution in [2.45, 2.75) is 39.2 Å². The number of hydrogen-bond donors (Lipinski definition) is 0. The summed E-state index contributed by atoms with van der Waals surface area (Å²) in [6.07, 6.45) is 2.03. The molecule has 0 aromatic carbocycles. The van der Waals surface area contributed by atoms with Gasteiger partial charge < -0.3 is 4.74 Å². The smallest absolute Gasteiger partial charge is 0.303 e. The number of esters is 1. The van der Waals surface area contributed by atoms with Crippen LogP contribution in [0.5, 0.6) is 0 Å². The predicted molar refractivity (Wildman–Crippen MR) is 40.7 cm³/mol. The topological polar surface area (TPSA) is 50.1 Å². The van der Waals surface area contributed by atoms with Crippen molar-refractivity contribution in [3.05, 3.63) is 0 Å². The molecule has 62 valence electrons. The quantitative estimate of drug-likeness (QED) is 0.580. The number of nitrogens with zero attached hydrogens (tertiary/aromatic N) is 1. The fraction of sp³-hybridized carbons (Fsp3) is 0.750. The molecular weight excluding hydrogens is 142 g/mol. The van der Waals surface area contributed by atoms with Crippen LogP contribution in [0.1, 0.15) is 33.1 Å². The van der Waals surface area contributed by atoms with Crippen LogP contribution in [0.15, 0.2) is 0 Å². The molecule has 0 amide bonds. The molecule has 0 radical (unpaired) electrons. The van der Waals surface area contributed by atoms with Crippen molar-refractivity contribution in [2.24, 2.45) is 0 Å². The average Bonchev–Trinajstić information content (AvgIpc) is 1.97. The molecule has 0 aromatic heterocycles. The second-order valence-corrected chi connectivity index (χ2v) is 2.37. The molecule has 0 saturated heterocycles. The predicted octanol–water partition coefficient (Wildman–Crippen LogP) is 1.63. The van der Waals surface area contributed by atoms with E-state index in [0.717, 1.165) is 12.8 Å². The van der Waals surface area contributed by atoms with Crippen molar-refractivity contribution in [1.82, 2.24) is 0 Å². The van der Waals surface area contributed by atoms with Crippen molar-refractivity contribution < 1.29 is 9.53 Å². The monoisotopic (exact) mass is 155 g/mol. The zero-order valence-corrected chi connectivity index (χ0v) is 6.96. The molecule has 0 rings (SSSR count). The summed E-state index contributed by atoms with van der Waals surface area (Å²) in [6.45, 7) is 3.35. The van der Waals surface area contributed by atoms with Crippen LogP contribution < -0.4 is 0 Å². The second kappa shape index (κ2) is 5.72. The molecule has 1 atom stereocenters. The molecule has 0 saturated carbocycles. The number of hydrogen-bond acceptors (Lipinski definition) is 3. The van der Waals surface area contributed by atoms with Crippen LogP contribution in [-0.4, -0.2) is 12.1 Å². The highest BCUT2D eigenvalue weighted by molar-refractivity contribution is 5.66. The van der Waals surface area contributed by atoms with E-state index in [9.17, 15) is 4.79 Å². The molecule has 0 spiro atoms. The van der Waals surface area contributed by atoms with Crippen LogP contribution in [0.4, 0.5) is 0 Å². The number of carbonyl (C=O) groups excluding carboxylic acids is 1. The minimum atomic E-state index is -0.549. The first-order valence-corrected chi connectivity index (χ1v) is 3.77. The highest BCUT2D eigenvalue weighted by Crippen LogP contribution is 2.03. The number of carbonyl (C=O) groups is 1. The van der Waals surface area contributed by atoms with Crippen LogP contribution in [0.3, 0.4) is 0 Å². The maximum atomic E-state index is 10.4. The number of ether oxygens (including phenoxy) is 1. The Labute approximate surface area is 67.0 Å². The summed E-state index contributed by atoms with van der Waals surface area (Å²) in [5.41, 5.74) is 0. The lowest BCUT2D eigenvalue weighted by Crippen LogP contribution is -2.13. The van der Waals surface area contributed by atoms with E-state index in [0.29, 0.717) is 6.42 Å². The summed E-state index contributed by atoms with van der Waals surface area (Å²) in [5.74, 6) is -0.382.